The molecule has 1 aliphatic heterocycles. The summed E-state index contributed by atoms with van der Waals surface area (Å²) in [6, 6.07) is 7.52. The molecule has 0 aliphatic carbocycles. The van der Waals surface area contributed by atoms with Crippen molar-refractivity contribution in [2.24, 2.45) is 0 Å². The summed E-state index contributed by atoms with van der Waals surface area (Å²) in [7, 11) is 0. The number of hydrogen-bond acceptors (Lipinski definition) is 5. The van der Waals surface area contributed by atoms with E-state index >= 15 is 0 Å². The number of carbonyl (C=O) groups excluding carboxylic acids is 1. The highest BCUT2D eigenvalue weighted by molar-refractivity contribution is 6.31. The predicted octanol–water partition coefficient (Wildman–Crippen LogP) is 2.66. The summed E-state index contributed by atoms with van der Waals surface area (Å²) in [4.78, 5) is 17.4. The zero-order valence-corrected chi connectivity index (χ0v) is 12.0. The Morgan fingerprint density at radius 2 is 2.19 bits per heavy atom. The van der Waals surface area contributed by atoms with E-state index in [4.69, 9.17) is 20.9 Å². The third-order valence-corrected chi connectivity index (χ3v) is 3.57. The molecule has 1 aliphatic rings. The fraction of sp³-hybridized carbons (Fsp3) is 0.357. The minimum absolute atomic E-state index is 0.272. The van der Waals surface area contributed by atoms with Crippen LogP contribution in [-0.4, -0.2) is 34.3 Å². The second-order valence-electron chi connectivity index (χ2n) is 4.76. The van der Waals surface area contributed by atoms with Gasteiger partial charge in [0.1, 0.15) is 6.54 Å². The number of benzene rings is 1. The molecular weight excluding hydrogens is 294 g/mol. The van der Waals surface area contributed by atoms with E-state index in [2.05, 4.69) is 10.1 Å². The van der Waals surface area contributed by atoms with Gasteiger partial charge in [0.15, 0.2) is 5.82 Å². The first-order valence-corrected chi connectivity index (χ1v) is 7.07. The van der Waals surface area contributed by atoms with Gasteiger partial charge in [-0.3, -0.25) is 4.90 Å². The van der Waals surface area contributed by atoms with Crippen LogP contribution in [0.1, 0.15) is 23.7 Å². The van der Waals surface area contributed by atoms with E-state index in [9.17, 15) is 4.79 Å². The average Bonchev–Trinajstić information content (AvgIpc) is 2.91. The van der Waals surface area contributed by atoms with Gasteiger partial charge < -0.3 is 9.26 Å². The van der Waals surface area contributed by atoms with Crippen LogP contribution >= 0.6 is 11.6 Å². The molecule has 6 nitrogen and oxygen atoms in total. The lowest BCUT2D eigenvalue weighted by Crippen LogP contribution is -2.37. The van der Waals surface area contributed by atoms with E-state index in [1.54, 1.807) is 4.90 Å². The van der Waals surface area contributed by atoms with Gasteiger partial charge in [-0.05, 0) is 18.1 Å². The summed E-state index contributed by atoms with van der Waals surface area (Å²) >= 11 is 6.10. The molecule has 1 amide bonds. The van der Waals surface area contributed by atoms with Crippen molar-refractivity contribution in [3.8, 4) is 0 Å². The van der Waals surface area contributed by atoms with E-state index < -0.39 is 0 Å². The first-order chi connectivity index (χ1) is 10.2. The maximum absolute atomic E-state index is 11.5. The second-order valence-corrected chi connectivity index (χ2v) is 5.17. The zero-order chi connectivity index (χ0) is 14.7. The summed E-state index contributed by atoms with van der Waals surface area (Å²) < 4.78 is 10.1. The Hall–Kier alpha value is -2.08. The summed E-state index contributed by atoms with van der Waals surface area (Å²) in [5.74, 6) is 0.944. The van der Waals surface area contributed by atoms with E-state index in [1.807, 2.05) is 24.3 Å². The fourth-order valence-electron chi connectivity index (χ4n) is 2.14. The van der Waals surface area contributed by atoms with Crippen molar-refractivity contribution in [3.63, 3.8) is 0 Å². The molecule has 0 radical (unpaired) electrons. The molecule has 0 bridgehead atoms. The molecule has 0 spiro atoms. The van der Waals surface area contributed by atoms with Crippen molar-refractivity contribution in [3.05, 3.63) is 46.6 Å². The maximum Gasteiger partial charge on any atom is 0.410 e. The Balaban J connectivity index is 1.66. The highest BCUT2D eigenvalue weighted by atomic mass is 35.5. The minimum atomic E-state index is -0.341. The lowest BCUT2D eigenvalue weighted by Gasteiger charge is -2.24. The summed E-state index contributed by atoms with van der Waals surface area (Å²) in [5, 5.41) is 4.59. The van der Waals surface area contributed by atoms with Crippen LogP contribution in [-0.2, 0) is 17.7 Å². The molecule has 21 heavy (non-hydrogen) atoms. The van der Waals surface area contributed by atoms with Gasteiger partial charge >= 0.3 is 6.09 Å². The number of cyclic esters (lactones) is 1. The lowest BCUT2D eigenvalue weighted by molar-refractivity contribution is 0.0658. The predicted molar refractivity (Wildman–Crippen MR) is 74.9 cm³/mol. The highest BCUT2D eigenvalue weighted by Gasteiger charge is 2.22. The van der Waals surface area contributed by atoms with Crippen LogP contribution in [0.25, 0.3) is 0 Å². The molecule has 0 atom stereocenters. The molecular formula is C14H14ClN3O3. The van der Waals surface area contributed by atoms with Gasteiger partial charge in [0, 0.05) is 18.0 Å². The van der Waals surface area contributed by atoms with Gasteiger partial charge in [-0.1, -0.05) is 35.0 Å². The largest absolute Gasteiger partial charge is 0.449 e. The smallest absolute Gasteiger partial charge is 0.410 e. The van der Waals surface area contributed by atoms with Crippen molar-refractivity contribution in [2.75, 3.05) is 13.2 Å². The van der Waals surface area contributed by atoms with Crippen LogP contribution in [0.5, 0.6) is 0 Å². The average molecular weight is 308 g/mol. The SMILES string of the molecule is O=C1OCCCN1Cc1nc(Cc2ccccc2Cl)no1. The van der Waals surface area contributed by atoms with Gasteiger partial charge in [-0.15, -0.1) is 0 Å². The fourth-order valence-corrected chi connectivity index (χ4v) is 2.35. The van der Waals surface area contributed by atoms with E-state index in [0.29, 0.717) is 36.3 Å². The monoisotopic (exact) mass is 307 g/mol. The van der Waals surface area contributed by atoms with Crippen LogP contribution in [0, 0.1) is 0 Å². The molecule has 1 saturated heterocycles. The Kier molecular flexibility index (Phi) is 4.06. The number of carbonyl (C=O) groups is 1. The van der Waals surface area contributed by atoms with Crippen LogP contribution in [0.4, 0.5) is 4.79 Å². The lowest BCUT2D eigenvalue weighted by atomic mass is 10.1. The highest BCUT2D eigenvalue weighted by Crippen LogP contribution is 2.18. The number of rotatable bonds is 4. The maximum atomic E-state index is 11.5. The van der Waals surface area contributed by atoms with Crippen molar-refractivity contribution < 1.29 is 14.1 Å². The van der Waals surface area contributed by atoms with E-state index in [0.717, 1.165) is 12.0 Å². The molecule has 0 saturated carbocycles. The van der Waals surface area contributed by atoms with Gasteiger partial charge in [0.05, 0.1) is 6.61 Å². The van der Waals surface area contributed by atoms with E-state index in [-0.39, 0.29) is 12.6 Å². The number of amides is 1. The topological polar surface area (TPSA) is 68.5 Å². The minimum Gasteiger partial charge on any atom is -0.449 e. The first kappa shape index (κ1) is 13.9. The Labute approximate surface area is 126 Å². The van der Waals surface area contributed by atoms with Gasteiger partial charge in [0.25, 0.3) is 0 Å². The molecule has 3 rings (SSSR count). The molecule has 7 heteroatoms. The quantitative estimate of drug-likeness (QED) is 0.868. The standard InChI is InChI=1S/C14H14ClN3O3/c15-11-5-2-1-4-10(11)8-12-16-13(21-17-12)9-18-6-3-7-20-14(18)19/h1-2,4-5H,3,6-9H2. The van der Waals surface area contributed by atoms with Crippen molar-refractivity contribution in [2.45, 2.75) is 19.4 Å². The van der Waals surface area contributed by atoms with E-state index in [1.165, 1.54) is 0 Å². The van der Waals surface area contributed by atoms with Crippen LogP contribution in [0.15, 0.2) is 28.8 Å². The normalized spacial score (nSPS) is 15.1. The van der Waals surface area contributed by atoms with Gasteiger partial charge in [0.2, 0.25) is 5.89 Å². The van der Waals surface area contributed by atoms with Crippen LogP contribution < -0.4 is 0 Å². The number of hydrogen-bond donors (Lipinski definition) is 0. The molecule has 0 unspecified atom stereocenters. The summed E-state index contributed by atoms with van der Waals surface area (Å²) in [6.07, 6.45) is 0.965. The molecule has 1 aromatic heterocycles. The molecule has 0 N–H and O–H groups in total. The number of nitrogens with zero attached hydrogens (tertiary/aromatic N) is 3. The number of ether oxygens (including phenoxy) is 1. The van der Waals surface area contributed by atoms with Crippen molar-refractivity contribution in [1.29, 1.82) is 0 Å². The summed E-state index contributed by atoms with van der Waals surface area (Å²) in [6.45, 7) is 1.38. The number of aromatic nitrogens is 2. The molecule has 2 heterocycles. The van der Waals surface area contributed by atoms with Crippen LogP contribution in [0.2, 0.25) is 5.02 Å². The summed E-state index contributed by atoms with van der Waals surface area (Å²) in [5.41, 5.74) is 0.934. The molecule has 110 valence electrons. The first-order valence-electron chi connectivity index (χ1n) is 6.69. The number of halogens is 1. The van der Waals surface area contributed by atoms with Gasteiger partial charge in [-0.25, -0.2) is 4.79 Å². The van der Waals surface area contributed by atoms with Crippen LogP contribution in [0.3, 0.4) is 0 Å². The third-order valence-electron chi connectivity index (χ3n) is 3.20. The third kappa shape index (κ3) is 3.33. The Morgan fingerprint density at radius 1 is 1.33 bits per heavy atom. The van der Waals surface area contributed by atoms with Crippen molar-refractivity contribution in [1.82, 2.24) is 15.0 Å². The molecule has 1 aromatic carbocycles. The van der Waals surface area contributed by atoms with Crippen molar-refractivity contribution >= 4 is 17.7 Å². The molecule has 2 aromatic rings. The molecule has 1 fully saturated rings. The Bertz CT molecular complexity index is 644. The van der Waals surface area contributed by atoms with Gasteiger partial charge in [-0.2, -0.15) is 4.98 Å². The Morgan fingerprint density at radius 3 is 3.00 bits per heavy atom. The zero-order valence-electron chi connectivity index (χ0n) is 11.3. The second kappa shape index (κ2) is 6.13.